The van der Waals surface area contributed by atoms with Crippen LogP contribution in [0.2, 0.25) is 0 Å². The van der Waals surface area contributed by atoms with Gasteiger partial charge in [0.05, 0.1) is 13.2 Å². The molecule has 3 rings (SSSR count). The summed E-state index contributed by atoms with van der Waals surface area (Å²) in [6, 6.07) is 11.9. The molecule has 8 heteroatoms. The summed E-state index contributed by atoms with van der Waals surface area (Å²) in [5, 5.41) is 6.76. The molecule has 0 radical (unpaired) electrons. The molecular formula is C20H21N3O5. The standard InChI is InChI=1S/C20H21N3O5/c1-3-26-16-7-5-15(6-8-16)22-19(24)14(2)27-20(25)18-10-9-17(28-18)13-23-12-4-11-21-23/h4-12,14H,3,13H2,1-2H3,(H,22,24). The minimum Gasteiger partial charge on any atom is -0.494 e. The Bertz CT molecular complexity index is 916. The van der Waals surface area contributed by atoms with Gasteiger partial charge in [-0.25, -0.2) is 4.79 Å². The maximum atomic E-state index is 12.2. The van der Waals surface area contributed by atoms with Gasteiger partial charge in [0.2, 0.25) is 5.76 Å². The number of anilines is 1. The van der Waals surface area contributed by atoms with Crippen molar-refractivity contribution in [2.45, 2.75) is 26.5 Å². The Morgan fingerprint density at radius 3 is 2.68 bits per heavy atom. The molecule has 8 nitrogen and oxygen atoms in total. The highest BCUT2D eigenvalue weighted by Gasteiger charge is 2.21. The summed E-state index contributed by atoms with van der Waals surface area (Å²) in [6.45, 7) is 4.35. The molecule has 0 aliphatic carbocycles. The summed E-state index contributed by atoms with van der Waals surface area (Å²) in [6.07, 6.45) is 2.45. The smallest absolute Gasteiger partial charge is 0.375 e. The number of amides is 1. The third-order valence-electron chi connectivity index (χ3n) is 3.83. The number of hydrogen-bond acceptors (Lipinski definition) is 6. The van der Waals surface area contributed by atoms with E-state index < -0.39 is 18.0 Å². The van der Waals surface area contributed by atoms with Gasteiger partial charge in [0, 0.05) is 18.1 Å². The van der Waals surface area contributed by atoms with Crippen molar-refractivity contribution in [3.8, 4) is 5.75 Å². The zero-order chi connectivity index (χ0) is 19.9. The highest BCUT2D eigenvalue weighted by Crippen LogP contribution is 2.16. The van der Waals surface area contributed by atoms with E-state index in [2.05, 4.69) is 10.4 Å². The number of nitrogens with zero attached hydrogens (tertiary/aromatic N) is 2. The van der Waals surface area contributed by atoms with Crippen LogP contribution >= 0.6 is 0 Å². The zero-order valence-corrected chi connectivity index (χ0v) is 15.6. The van der Waals surface area contributed by atoms with Crippen LogP contribution in [0.25, 0.3) is 0 Å². The van der Waals surface area contributed by atoms with E-state index in [1.165, 1.54) is 13.0 Å². The maximum Gasteiger partial charge on any atom is 0.375 e. The van der Waals surface area contributed by atoms with Crippen molar-refractivity contribution < 1.29 is 23.5 Å². The first-order valence-corrected chi connectivity index (χ1v) is 8.86. The first-order chi connectivity index (χ1) is 13.5. The van der Waals surface area contributed by atoms with Crippen LogP contribution in [-0.4, -0.2) is 34.4 Å². The van der Waals surface area contributed by atoms with Crippen molar-refractivity contribution in [2.75, 3.05) is 11.9 Å². The van der Waals surface area contributed by atoms with E-state index in [-0.39, 0.29) is 5.76 Å². The third kappa shape index (κ3) is 5.00. The number of benzene rings is 1. The highest BCUT2D eigenvalue weighted by molar-refractivity contribution is 5.96. The van der Waals surface area contributed by atoms with Gasteiger partial charge in [-0.1, -0.05) is 0 Å². The van der Waals surface area contributed by atoms with Gasteiger partial charge in [0.1, 0.15) is 11.5 Å². The van der Waals surface area contributed by atoms with Crippen LogP contribution < -0.4 is 10.1 Å². The van der Waals surface area contributed by atoms with Crippen molar-refractivity contribution >= 4 is 17.6 Å². The lowest BCUT2D eigenvalue weighted by Gasteiger charge is -2.13. The van der Waals surface area contributed by atoms with E-state index in [0.29, 0.717) is 30.3 Å². The van der Waals surface area contributed by atoms with Crippen LogP contribution in [0.3, 0.4) is 0 Å². The van der Waals surface area contributed by atoms with Gasteiger partial charge < -0.3 is 19.2 Å². The summed E-state index contributed by atoms with van der Waals surface area (Å²) in [5.41, 5.74) is 0.579. The van der Waals surface area contributed by atoms with Gasteiger partial charge >= 0.3 is 5.97 Å². The van der Waals surface area contributed by atoms with Crippen molar-refractivity contribution in [3.63, 3.8) is 0 Å². The normalized spacial score (nSPS) is 11.6. The van der Waals surface area contributed by atoms with Crippen molar-refractivity contribution in [2.24, 2.45) is 0 Å². The topological polar surface area (TPSA) is 95.6 Å². The van der Waals surface area contributed by atoms with Crippen LogP contribution in [0.4, 0.5) is 5.69 Å². The average molecular weight is 383 g/mol. The monoisotopic (exact) mass is 383 g/mol. The van der Waals surface area contributed by atoms with Gasteiger partial charge in [-0.15, -0.1) is 0 Å². The summed E-state index contributed by atoms with van der Waals surface area (Å²) in [4.78, 5) is 24.5. The predicted molar refractivity (Wildman–Crippen MR) is 101 cm³/mol. The lowest BCUT2D eigenvalue weighted by Crippen LogP contribution is -2.29. The van der Waals surface area contributed by atoms with E-state index in [0.717, 1.165) is 0 Å². The number of esters is 1. The molecule has 0 bridgehead atoms. The van der Waals surface area contributed by atoms with E-state index in [1.807, 2.05) is 6.92 Å². The molecule has 1 atom stereocenters. The molecule has 0 saturated carbocycles. The lowest BCUT2D eigenvalue weighted by molar-refractivity contribution is -0.123. The van der Waals surface area contributed by atoms with E-state index in [1.54, 1.807) is 53.5 Å². The van der Waals surface area contributed by atoms with Crippen LogP contribution in [0.15, 0.2) is 59.3 Å². The molecule has 0 aliphatic rings. The Morgan fingerprint density at radius 1 is 1.21 bits per heavy atom. The summed E-state index contributed by atoms with van der Waals surface area (Å²) < 4.78 is 17.7. The molecule has 1 amide bonds. The Balaban J connectivity index is 1.53. The molecule has 1 unspecified atom stereocenters. The second-order valence-corrected chi connectivity index (χ2v) is 5.96. The van der Waals surface area contributed by atoms with Crippen LogP contribution in [0.1, 0.15) is 30.2 Å². The Labute approximate surface area is 162 Å². The van der Waals surface area contributed by atoms with E-state index >= 15 is 0 Å². The van der Waals surface area contributed by atoms with Crippen LogP contribution in [-0.2, 0) is 16.1 Å². The Morgan fingerprint density at radius 2 is 2.00 bits per heavy atom. The van der Waals surface area contributed by atoms with E-state index in [4.69, 9.17) is 13.9 Å². The SMILES string of the molecule is CCOc1ccc(NC(=O)C(C)OC(=O)c2ccc(Cn3cccn3)o2)cc1. The van der Waals surface area contributed by atoms with E-state index in [9.17, 15) is 9.59 Å². The fourth-order valence-electron chi connectivity index (χ4n) is 2.44. The number of nitrogens with one attached hydrogen (secondary N) is 1. The second kappa shape index (κ2) is 8.90. The first kappa shape index (κ1) is 19.2. The quantitative estimate of drug-likeness (QED) is 0.601. The van der Waals surface area contributed by atoms with Crippen molar-refractivity contribution in [1.29, 1.82) is 0 Å². The molecule has 2 heterocycles. The van der Waals surface area contributed by atoms with Crippen molar-refractivity contribution in [3.05, 3.63) is 66.4 Å². The summed E-state index contributed by atoms with van der Waals surface area (Å²) in [7, 11) is 0. The molecule has 146 valence electrons. The number of ether oxygens (including phenoxy) is 2. The molecule has 0 fully saturated rings. The van der Waals surface area contributed by atoms with Gasteiger partial charge in [-0.05, 0) is 56.3 Å². The van der Waals surface area contributed by atoms with Gasteiger partial charge in [0.15, 0.2) is 6.10 Å². The van der Waals surface area contributed by atoms with Gasteiger partial charge in [0.25, 0.3) is 5.91 Å². The van der Waals surface area contributed by atoms with Crippen LogP contribution in [0.5, 0.6) is 5.75 Å². The molecule has 1 aromatic carbocycles. The third-order valence-corrected chi connectivity index (χ3v) is 3.83. The second-order valence-electron chi connectivity index (χ2n) is 5.96. The molecule has 0 spiro atoms. The number of rotatable bonds is 8. The Kier molecular flexibility index (Phi) is 6.11. The highest BCUT2D eigenvalue weighted by atomic mass is 16.6. The molecule has 3 aromatic rings. The Hall–Kier alpha value is -3.55. The first-order valence-electron chi connectivity index (χ1n) is 8.86. The number of hydrogen-bond donors (Lipinski definition) is 1. The van der Waals surface area contributed by atoms with Gasteiger partial charge in [-0.3, -0.25) is 9.48 Å². The molecule has 0 aliphatic heterocycles. The summed E-state index contributed by atoms with van der Waals surface area (Å²) in [5.74, 6) is 0.149. The number of aromatic nitrogens is 2. The van der Waals surface area contributed by atoms with Crippen LogP contribution in [0, 0.1) is 0 Å². The molecule has 28 heavy (non-hydrogen) atoms. The number of carbonyl (C=O) groups excluding carboxylic acids is 2. The largest absolute Gasteiger partial charge is 0.494 e. The zero-order valence-electron chi connectivity index (χ0n) is 15.6. The van der Waals surface area contributed by atoms with Crippen molar-refractivity contribution in [1.82, 2.24) is 9.78 Å². The summed E-state index contributed by atoms with van der Waals surface area (Å²) >= 11 is 0. The maximum absolute atomic E-state index is 12.2. The fraction of sp³-hybridized carbons (Fsp3) is 0.250. The van der Waals surface area contributed by atoms with Gasteiger partial charge in [-0.2, -0.15) is 5.10 Å². The number of carbonyl (C=O) groups is 2. The minimum absolute atomic E-state index is 0.0304. The predicted octanol–water partition coefficient (Wildman–Crippen LogP) is 3.11. The molecule has 0 saturated heterocycles. The molecular weight excluding hydrogens is 362 g/mol. The molecule has 1 N–H and O–H groups in total. The average Bonchev–Trinajstić information content (AvgIpc) is 3.36. The fourth-order valence-corrected chi connectivity index (χ4v) is 2.44. The molecule has 2 aromatic heterocycles. The number of furan rings is 1. The minimum atomic E-state index is -0.987. The lowest BCUT2D eigenvalue weighted by atomic mass is 10.3.